The number of nitrogens with zero attached hydrogens (tertiary/aromatic N) is 6. The molecule has 0 unspecified atom stereocenters. The van der Waals surface area contributed by atoms with E-state index in [1.165, 1.54) is 0 Å². The summed E-state index contributed by atoms with van der Waals surface area (Å²) < 4.78 is 61.2. The zero-order valence-corrected chi connectivity index (χ0v) is 18.2. The van der Waals surface area contributed by atoms with Gasteiger partial charge in [-0.2, -0.15) is 8.99 Å². The molecule has 2 heterocycles. The van der Waals surface area contributed by atoms with Crippen molar-refractivity contribution in [3.63, 3.8) is 0 Å². The average Bonchev–Trinajstić information content (AvgIpc) is 3.24. The van der Waals surface area contributed by atoms with Gasteiger partial charge in [-0.25, -0.2) is 17.2 Å². The highest BCUT2D eigenvalue weighted by molar-refractivity contribution is 7.89. The Balaban J connectivity index is 1.42. The van der Waals surface area contributed by atoms with E-state index in [0.717, 1.165) is 27.9 Å². The van der Waals surface area contributed by atoms with Crippen LogP contribution in [0.4, 0.5) is 8.78 Å². The zero-order chi connectivity index (χ0) is 22.7. The van der Waals surface area contributed by atoms with Gasteiger partial charge < -0.3 is 4.74 Å². The fourth-order valence-electron chi connectivity index (χ4n) is 3.50. The van der Waals surface area contributed by atoms with Crippen LogP contribution in [-0.2, 0) is 16.6 Å². The van der Waals surface area contributed by atoms with Crippen molar-refractivity contribution in [1.82, 2.24) is 29.4 Å². The van der Waals surface area contributed by atoms with E-state index in [0.29, 0.717) is 38.1 Å². The van der Waals surface area contributed by atoms with Crippen LogP contribution in [0.3, 0.4) is 0 Å². The Morgan fingerprint density at radius 2 is 1.75 bits per heavy atom. The number of sulfonamides is 1. The number of piperazine rings is 1. The maximum absolute atomic E-state index is 14.0. The number of rotatable bonds is 7. The molecule has 12 heteroatoms. The highest BCUT2D eigenvalue weighted by atomic mass is 32.2. The van der Waals surface area contributed by atoms with Gasteiger partial charge in [0.1, 0.15) is 22.3 Å². The van der Waals surface area contributed by atoms with Gasteiger partial charge >= 0.3 is 0 Å². The summed E-state index contributed by atoms with van der Waals surface area (Å²) in [5.41, 5.74) is 0.774. The van der Waals surface area contributed by atoms with Crippen molar-refractivity contribution in [3.05, 3.63) is 59.9 Å². The number of halogens is 2. The summed E-state index contributed by atoms with van der Waals surface area (Å²) in [6, 6.07) is 9.78. The molecule has 1 fully saturated rings. The Kier molecular flexibility index (Phi) is 6.44. The van der Waals surface area contributed by atoms with Crippen LogP contribution >= 0.6 is 0 Å². The van der Waals surface area contributed by atoms with Crippen LogP contribution in [-0.4, -0.2) is 70.6 Å². The van der Waals surface area contributed by atoms with Crippen molar-refractivity contribution in [3.8, 4) is 11.4 Å². The van der Waals surface area contributed by atoms with Gasteiger partial charge in [-0.1, -0.05) is 0 Å². The lowest BCUT2D eigenvalue weighted by molar-refractivity contribution is 0.176. The largest absolute Gasteiger partial charge is 0.494 e. The van der Waals surface area contributed by atoms with E-state index in [1.807, 2.05) is 36.1 Å². The van der Waals surface area contributed by atoms with Gasteiger partial charge in [-0.15, -0.1) is 5.10 Å². The number of ether oxygens (including phenoxy) is 1. The molecular formula is C20H22F2N6O3S. The van der Waals surface area contributed by atoms with Gasteiger partial charge in [-0.3, -0.25) is 4.90 Å². The molecule has 1 aliphatic heterocycles. The molecule has 0 atom stereocenters. The van der Waals surface area contributed by atoms with Gasteiger partial charge in [0, 0.05) is 26.2 Å². The maximum Gasteiger partial charge on any atom is 0.246 e. The first-order valence-electron chi connectivity index (χ1n) is 10.1. The lowest BCUT2D eigenvalue weighted by Crippen LogP contribution is -2.48. The summed E-state index contributed by atoms with van der Waals surface area (Å²) >= 11 is 0. The molecule has 170 valence electrons. The minimum Gasteiger partial charge on any atom is -0.494 e. The molecule has 1 aliphatic rings. The molecule has 0 aliphatic carbocycles. The Morgan fingerprint density at radius 3 is 2.44 bits per heavy atom. The first-order valence-corrected chi connectivity index (χ1v) is 11.5. The lowest BCUT2D eigenvalue weighted by Gasteiger charge is -2.33. The first kappa shape index (κ1) is 22.2. The molecule has 32 heavy (non-hydrogen) atoms. The first-order chi connectivity index (χ1) is 15.4. The standard InChI is InChI=1S/C20H22F2N6O3S/c1-2-31-17-6-4-16(5-7-17)28-20(23-24-25-28)14-26-9-11-27(12-10-26)32(29,30)19-13-15(21)3-8-18(19)22/h3-8,13H,2,9-12,14H2,1H3. The van der Waals surface area contributed by atoms with Crippen LogP contribution < -0.4 is 4.74 Å². The van der Waals surface area contributed by atoms with Crippen molar-refractivity contribution in [2.75, 3.05) is 32.8 Å². The molecule has 1 saturated heterocycles. The van der Waals surface area contributed by atoms with Gasteiger partial charge in [0.15, 0.2) is 5.82 Å². The molecule has 3 aromatic rings. The fraction of sp³-hybridized carbons (Fsp3) is 0.350. The lowest BCUT2D eigenvalue weighted by atomic mass is 10.3. The third-order valence-electron chi connectivity index (χ3n) is 5.13. The minimum atomic E-state index is -4.13. The Morgan fingerprint density at radius 1 is 1.03 bits per heavy atom. The van der Waals surface area contributed by atoms with Gasteiger partial charge in [0.2, 0.25) is 10.0 Å². The quantitative estimate of drug-likeness (QED) is 0.527. The van der Waals surface area contributed by atoms with E-state index < -0.39 is 26.6 Å². The van der Waals surface area contributed by atoms with Gasteiger partial charge in [-0.05, 0) is 59.8 Å². The number of benzene rings is 2. The monoisotopic (exact) mass is 464 g/mol. The topological polar surface area (TPSA) is 93.4 Å². The molecule has 0 spiro atoms. The van der Waals surface area contributed by atoms with Crippen LogP contribution in [0, 0.1) is 11.6 Å². The summed E-state index contributed by atoms with van der Waals surface area (Å²) in [6.45, 7) is 3.96. The third-order valence-corrected chi connectivity index (χ3v) is 7.05. The molecule has 0 saturated carbocycles. The second-order valence-corrected chi connectivity index (χ2v) is 9.10. The second-order valence-electron chi connectivity index (χ2n) is 7.19. The van der Waals surface area contributed by atoms with E-state index in [4.69, 9.17) is 4.74 Å². The van der Waals surface area contributed by atoms with E-state index >= 15 is 0 Å². The van der Waals surface area contributed by atoms with Crippen molar-refractivity contribution in [2.45, 2.75) is 18.4 Å². The Labute approximate surface area is 184 Å². The Bertz CT molecular complexity index is 1180. The van der Waals surface area contributed by atoms with Crippen LogP contribution in [0.15, 0.2) is 47.4 Å². The SMILES string of the molecule is CCOc1ccc(-n2nnnc2CN2CCN(S(=O)(=O)c3cc(F)ccc3F)CC2)cc1. The van der Waals surface area contributed by atoms with Crippen molar-refractivity contribution < 1.29 is 21.9 Å². The number of hydrogen-bond acceptors (Lipinski definition) is 7. The Hall–Kier alpha value is -2.96. The summed E-state index contributed by atoms with van der Waals surface area (Å²) in [5.74, 6) is -0.423. The number of aromatic nitrogens is 4. The summed E-state index contributed by atoms with van der Waals surface area (Å²) in [4.78, 5) is 1.36. The summed E-state index contributed by atoms with van der Waals surface area (Å²) in [6.07, 6.45) is 0. The van der Waals surface area contributed by atoms with E-state index in [-0.39, 0.29) is 13.1 Å². The van der Waals surface area contributed by atoms with Crippen LogP contribution in [0.2, 0.25) is 0 Å². The predicted octanol–water partition coefficient (Wildman–Crippen LogP) is 1.85. The molecule has 0 radical (unpaired) electrons. The van der Waals surface area contributed by atoms with Gasteiger partial charge in [0.25, 0.3) is 0 Å². The normalized spacial score (nSPS) is 15.7. The van der Waals surface area contributed by atoms with E-state index in [1.54, 1.807) is 4.68 Å². The average molecular weight is 464 g/mol. The smallest absolute Gasteiger partial charge is 0.246 e. The van der Waals surface area contributed by atoms with Crippen molar-refractivity contribution in [2.24, 2.45) is 0 Å². The molecule has 0 N–H and O–H groups in total. The predicted molar refractivity (Wildman–Crippen MR) is 111 cm³/mol. The fourth-order valence-corrected chi connectivity index (χ4v) is 5.00. The minimum absolute atomic E-state index is 0.142. The third kappa shape index (κ3) is 4.61. The summed E-state index contributed by atoms with van der Waals surface area (Å²) in [5, 5.41) is 11.9. The summed E-state index contributed by atoms with van der Waals surface area (Å²) in [7, 11) is -4.13. The van der Waals surface area contributed by atoms with Crippen LogP contribution in [0.5, 0.6) is 5.75 Å². The molecule has 9 nitrogen and oxygen atoms in total. The van der Waals surface area contributed by atoms with Crippen molar-refractivity contribution in [1.29, 1.82) is 0 Å². The van der Waals surface area contributed by atoms with Gasteiger partial charge in [0.05, 0.1) is 18.8 Å². The zero-order valence-electron chi connectivity index (χ0n) is 17.4. The molecule has 0 bridgehead atoms. The van der Waals surface area contributed by atoms with E-state index in [2.05, 4.69) is 15.5 Å². The number of tetrazole rings is 1. The highest BCUT2D eigenvalue weighted by Crippen LogP contribution is 2.22. The molecule has 1 aromatic heterocycles. The number of hydrogen-bond donors (Lipinski definition) is 0. The molecule has 4 rings (SSSR count). The second kappa shape index (κ2) is 9.27. The van der Waals surface area contributed by atoms with Crippen LogP contribution in [0.25, 0.3) is 5.69 Å². The molecule has 0 amide bonds. The molecule has 2 aromatic carbocycles. The van der Waals surface area contributed by atoms with Crippen LogP contribution in [0.1, 0.15) is 12.7 Å². The highest BCUT2D eigenvalue weighted by Gasteiger charge is 2.31. The molecular weight excluding hydrogens is 442 g/mol. The van der Waals surface area contributed by atoms with E-state index in [9.17, 15) is 17.2 Å². The van der Waals surface area contributed by atoms with Crippen molar-refractivity contribution >= 4 is 10.0 Å². The maximum atomic E-state index is 14.0.